The molecule has 1 aliphatic carbocycles. The molecule has 1 aliphatic heterocycles. The maximum absolute atomic E-state index is 10.7. The van der Waals surface area contributed by atoms with Crippen LogP contribution in [0.2, 0.25) is 0 Å². The van der Waals surface area contributed by atoms with Crippen LogP contribution in [0.1, 0.15) is 29.7 Å². The average Bonchev–Trinajstić information content (AvgIpc) is 2.89. The molecular formula is C20H28N2O2. The van der Waals surface area contributed by atoms with Crippen LogP contribution in [0.5, 0.6) is 0 Å². The molecule has 130 valence electrons. The zero-order chi connectivity index (χ0) is 16.5. The molecule has 1 fully saturated rings. The van der Waals surface area contributed by atoms with Gasteiger partial charge in [-0.25, -0.2) is 0 Å². The van der Waals surface area contributed by atoms with Crippen LogP contribution in [0, 0.1) is 6.92 Å². The van der Waals surface area contributed by atoms with Gasteiger partial charge in [0.25, 0.3) is 0 Å². The van der Waals surface area contributed by atoms with E-state index in [0.717, 1.165) is 39.3 Å². The van der Waals surface area contributed by atoms with Crippen molar-refractivity contribution in [3.05, 3.63) is 35.0 Å². The number of hydrogen-bond acceptors (Lipinski definition) is 3. The molecule has 0 spiro atoms. The summed E-state index contributed by atoms with van der Waals surface area (Å²) in [4.78, 5) is 2.32. The van der Waals surface area contributed by atoms with Crippen molar-refractivity contribution in [2.24, 2.45) is 0 Å². The van der Waals surface area contributed by atoms with E-state index in [4.69, 9.17) is 4.74 Å². The fourth-order valence-corrected chi connectivity index (χ4v) is 4.31. The summed E-state index contributed by atoms with van der Waals surface area (Å²) in [7, 11) is 0. The Hall–Kier alpha value is -1.36. The molecule has 1 aromatic carbocycles. The third-order valence-corrected chi connectivity index (χ3v) is 5.50. The minimum absolute atomic E-state index is 0.328. The van der Waals surface area contributed by atoms with Crippen molar-refractivity contribution in [2.45, 2.75) is 45.3 Å². The van der Waals surface area contributed by atoms with E-state index in [2.05, 4.69) is 34.6 Å². The molecule has 0 unspecified atom stereocenters. The van der Waals surface area contributed by atoms with Gasteiger partial charge in [-0.1, -0.05) is 11.6 Å². The maximum atomic E-state index is 10.7. The highest BCUT2D eigenvalue weighted by atomic mass is 16.5. The Morgan fingerprint density at radius 1 is 1.12 bits per heavy atom. The molecule has 1 atom stereocenters. The summed E-state index contributed by atoms with van der Waals surface area (Å²) >= 11 is 0. The number of aliphatic hydroxyl groups excluding tert-OH is 1. The average molecular weight is 328 g/mol. The first kappa shape index (κ1) is 16.1. The first-order chi connectivity index (χ1) is 11.7. The predicted octanol–water partition coefficient (Wildman–Crippen LogP) is 2.52. The number of rotatable bonds is 4. The fourth-order valence-electron chi connectivity index (χ4n) is 4.31. The van der Waals surface area contributed by atoms with Crippen LogP contribution in [-0.4, -0.2) is 53.5 Å². The van der Waals surface area contributed by atoms with Crippen molar-refractivity contribution in [1.29, 1.82) is 0 Å². The van der Waals surface area contributed by atoms with Crippen molar-refractivity contribution in [2.75, 3.05) is 32.8 Å². The highest BCUT2D eigenvalue weighted by Crippen LogP contribution is 2.33. The van der Waals surface area contributed by atoms with E-state index in [1.165, 1.54) is 47.0 Å². The SMILES string of the molecule is Cc1ccc2c(c1)c1c(n2C[C@H](O)CN2CCOCC2)CCCC1. The summed E-state index contributed by atoms with van der Waals surface area (Å²) < 4.78 is 7.80. The molecule has 1 aromatic heterocycles. The normalized spacial score (nSPS) is 20.2. The Morgan fingerprint density at radius 2 is 1.92 bits per heavy atom. The molecule has 0 bridgehead atoms. The number of ether oxygens (including phenoxy) is 1. The van der Waals surface area contributed by atoms with Crippen LogP contribution in [0.3, 0.4) is 0 Å². The van der Waals surface area contributed by atoms with Crippen LogP contribution in [0.25, 0.3) is 10.9 Å². The summed E-state index contributed by atoms with van der Waals surface area (Å²) in [5.41, 5.74) is 5.61. The number of β-amino-alcohol motifs (C(OH)–C–C–N with tert-alkyl or cyclic N) is 1. The molecule has 2 aliphatic rings. The van der Waals surface area contributed by atoms with Gasteiger partial charge in [0, 0.05) is 36.2 Å². The molecule has 0 radical (unpaired) electrons. The van der Waals surface area contributed by atoms with E-state index in [1.807, 2.05) is 0 Å². The third-order valence-electron chi connectivity index (χ3n) is 5.50. The van der Waals surface area contributed by atoms with E-state index in [9.17, 15) is 5.11 Å². The Labute approximate surface area is 144 Å². The highest BCUT2D eigenvalue weighted by Gasteiger charge is 2.22. The van der Waals surface area contributed by atoms with Gasteiger partial charge in [0.15, 0.2) is 0 Å². The van der Waals surface area contributed by atoms with E-state index in [1.54, 1.807) is 0 Å². The van der Waals surface area contributed by atoms with E-state index < -0.39 is 0 Å². The molecule has 2 aromatic rings. The van der Waals surface area contributed by atoms with Crippen LogP contribution in [0.4, 0.5) is 0 Å². The highest BCUT2D eigenvalue weighted by molar-refractivity contribution is 5.86. The quantitative estimate of drug-likeness (QED) is 0.937. The van der Waals surface area contributed by atoms with Crippen molar-refractivity contribution < 1.29 is 9.84 Å². The minimum Gasteiger partial charge on any atom is -0.390 e. The van der Waals surface area contributed by atoms with Crippen molar-refractivity contribution >= 4 is 10.9 Å². The number of aryl methyl sites for hydroxylation is 2. The van der Waals surface area contributed by atoms with Gasteiger partial charge in [-0.2, -0.15) is 0 Å². The van der Waals surface area contributed by atoms with Gasteiger partial charge in [0.05, 0.1) is 25.9 Å². The van der Waals surface area contributed by atoms with Crippen molar-refractivity contribution in [3.8, 4) is 0 Å². The lowest BCUT2D eigenvalue weighted by Gasteiger charge is -2.29. The molecular weight excluding hydrogens is 300 g/mol. The topological polar surface area (TPSA) is 37.6 Å². The fraction of sp³-hybridized carbons (Fsp3) is 0.600. The van der Waals surface area contributed by atoms with Gasteiger partial charge in [0.1, 0.15) is 0 Å². The second kappa shape index (κ2) is 6.87. The Bertz CT molecular complexity index is 716. The lowest BCUT2D eigenvalue weighted by atomic mass is 9.95. The smallest absolute Gasteiger partial charge is 0.0845 e. The van der Waals surface area contributed by atoms with Crippen LogP contribution >= 0.6 is 0 Å². The monoisotopic (exact) mass is 328 g/mol. The largest absolute Gasteiger partial charge is 0.390 e. The van der Waals surface area contributed by atoms with Gasteiger partial charge in [0.2, 0.25) is 0 Å². The number of nitrogens with zero attached hydrogens (tertiary/aromatic N) is 2. The molecule has 0 saturated carbocycles. The number of aromatic nitrogens is 1. The third kappa shape index (κ3) is 3.10. The first-order valence-electron chi connectivity index (χ1n) is 9.31. The predicted molar refractivity (Wildman–Crippen MR) is 96.6 cm³/mol. The molecule has 1 N–H and O–H groups in total. The second-order valence-electron chi connectivity index (χ2n) is 7.33. The molecule has 4 rings (SSSR count). The van der Waals surface area contributed by atoms with E-state index >= 15 is 0 Å². The number of aliphatic hydroxyl groups is 1. The zero-order valence-corrected chi connectivity index (χ0v) is 14.6. The first-order valence-corrected chi connectivity index (χ1v) is 9.31. The van der Waals surface area contributed by atoms with Gasteiger partial charge in [-0.05, 0) is 50.3 Å². The number of fused-ring (bicyclic) bond motifs is 3. The Morgan fingerprint density at radius 3 is 2.75 bits per heavy atom. The molecule has 4 nitrogen and oxygen atoms in total. The standard InChI is InChI=1S/C20H28N2O2/c1-15-6-7-20-18(12-15)17-4-2-3-5-19(17)22(20)14-16(23)13-21-8-10-24-11-9-21/h6-7,12,16,23H,2-5,8-11,13-14H2,1H3/t16-/m1/s1. The molecule has 1 saturated heterocycles. The van der Waals surface area contributed by atoms with Gasteiger partial charge >= 0.3 is 0 Å². The second-order valence-corrected chi connectivity index (χ2v) is 7.33. The van der Waals surface area contributed by atoms with Crippen LogP contribution < -0.4 is 0 Å². The Kier molecular flexibility index (Phi) is 4.61. The maximum Gasteiger partial charge on any atom is 0.0845 e. The summed E-state index contributed by atoms with van der Waals surface area (Å²) in [6.07, 6.45) is 4.55. The summed E-state index contributed by atoms with van der Waals surface area (Å²) in [6, 6.07) is 6.76. The summed E-state index contributed by atoms with van der Waals surface area (Å²) in [5.74, 6) is 0. The number of benzene rings is 1. The van der Waals surface area contributed by atoms with Gasteiger partial charge in [-0.15, -0.1) is 0 Å². The zero-order valence-electron chi connectivity index (χ0n) is 14.6. The van der Waals surface area contributed by atoms with Gasteiger partial charge in [-0.3, -0.25) is 4.90 Å². The molecule has 2 heterocycles. The number of morpholine rings is 1. The molecule has 4 heteroatoms. The van der Waals surface area contributed by atoms with Crippen LogP contribution in [0.15, 0.2) is 18.2 Å². The Balaban J connectivity index is 1.61. The summed E-state index contributed by atoms with van der Waals surface area (Å²) in [5, 5.41) is 12.1. The van der Waals surface area contributed by atoms with E-state index in [-0.39, 0.29) is 6.10 Å². The summed E-state index contributed by atoms with van der Waals surface area (Å²) in [6.45, 7) is 7.04. The molecule has 24 heavy (non-hydrogen) atoms. The van der Waals surface area contributed by atoms with Crippen molar-refractivity contribution in [3.63, 3.8) is 0 Å². The van der Waals surface area contributed by atoms with Gasteiger partial charge < -0.3 is 14.4 Å². The molecule has 0 amide bonds. The van der Waals surface area contributed by atoms with Crippen molar-refractivity contribution in [1.82, 2.24) is 9.47 Å². The lowest BCUT2D eigenvalue weighted by molar-refractivity contribution is 0.0116. The lowest BCUT2D eigenvalue weighted by Crippen LogP contribution is -2.42. The minimum atomic E-state index is -0.328. The number of hydrogen-bond donors (Lipinski definition) is 1. The van der Waals surface area contributed by atoms with Crippen LogP contribution in [-0.2, 0) is 24.1 Å². The van der Waals surface area contributed by atoms with E-state index in [0.29, 0.717) is 6.54 Å².